The molecule has 1 saturated carbocycles. The van der Waals surface area contributed by atoms with E-state index in [0.717, 1.165) is 24.2 Å². The van der Waals surface area contributed by atoms with Gasteiger partial charge in [-0.2, -0.15) is 0 Å². The molecule has 0 aromatic heterocycles. The first-order chi connectivity index (χ1) is 8.33. The molecule has 92 valence electrons. The SMILES string of the molecule is Nc1ccc(CN2CCC3CCCCC32)cc1. The van der Waals surface area contributed by atoms with Gasteiger partial charge in [-0.25, -0.2) is 0 Å². The van der Waals surface area contributed by atoms with Crippen molar-refractivity contribution >= 4 is 5.69 Å². The van der Waals surface area contributed by atoms with Gasteiger partial charge in [0.2, 0.25) is 0 Å². The fourth-order valence-corrected chi connectivity index (χ4v) is 3.56. The first-order valence-electron chi connectivity index (χ1n) is 6.91. The normalized spacial score (nSPS) is 29.2. The molecule has 2 heteroatoms. The summed E-state index contributed by atoms with van der Waals surface area (Å²) in [6.07, 6.45) is 7.18. The predicted molar refractivity (Wildman–Crippen MR) is 71.6 cm³/mol. The Morgan fingerprint density at radius 1 is 1.06 bits per heavy atom. The fourth-order valence-electron chi connectivity index (χ4n) is 3.56. The Bertz CT molecular complexity index is 371. The van der Waals surface area contributed by atoms with E-state index in [9.17, 15) is 0 Å². The summed E-state index contributed by atoms with van der Waals surface area (Å²) in [6, 6.07) is 9.24. The van der Waals surface area contributed by atoms with Gasteiger partial charge in [-0.1, -0.05) is 25.0 Å². The summed E-state index contributed by atoms with van der Waals surface area (Å²) in [7, 11) is 0. The zero-order valence-electron chi connectivity index (χ0n) is 10.4. The van der Waals surface area contributed by atoms with Gasteiger partial charge in [0.25, 0.3) is 0 Å². The van der Waals surface area contributed by atoms with Crippen molar-refractivity contribution in [3.05, 3.63) is 29.8 Å². The van der Waals surface area contributed by atoms with E-state index in [-0.39, 0.29) is 0 Å². The van der Waals surface area contributed by atoms with Gasteiger partial charge in [-0.15, -0.1) is 0 Å². The molecule has 2 atom stereocenters. The summed E-state index contributed by atoms with van der Waals surface area (Å²) in [5.41, 5.74) is 8.00. The quantitative estimate of drug-likeness (QED) is 0.791. The Balaban J connectivity index is 1.67. The number of nitrogen functional groups attached to an aromatic ring is 1. The molecule has 1 heterocycles. The lowest BCUT2D eigenvalue weighted by Crippen LogP contribution is -2.34. The number of rotatable bonds is 2. The molecule has 2 nitrogen and oxygen atoms in total. The number of benzene rings is 1. The van der Waals surface area contributed by atoms with Gasteiger partial charge in [0.1, 0.15) is 0 Å². The van der Waals surface area contributed by atoms with Crippen molar-refractivity contribution < 1.29 is 0 Å². The van der Waals surface area contributed by atoms with Crippen LogP contribution in [0, 0.1) is 5.92 Å². The van der Waals surface area contributed by atoms with Crippen molar-refractivity contribution in [2.45, 2.75) is 44.7 Å². The molecule has 0 amide bonds. The lowest BCUT2D eigenvalue weighted by atomic mass is 9.85. The zero-order valence-corrected chi connectivity index (χ0v) is 10.4. The first kappa shape index (κ1) is 11.1. The molecule has 1 saturated heterocycles. The van der Waals surface area contributed by atoms with E-state index >= 15 is 0 Å². The topological polar surface area (TPSA) is 29.3 Å². The molecule has 2 fully saturated rings. The van der Waals surface area contributed by atoms with E-state index in [1.165, 1.54) is 44.2 Å². The van der Waals surface area contributed by atoms with Crippen LogP contribution < -0.4 is 5.73 Å². The third-order valence-electron chi connectivity index (χ3n) is 4.49. The molecule has 0 spiro atoms. The minimum Gasteiger partial charge on any atom is -0.399 e. The van der Waals surface area contributed by atoms with Gasteiger partial charge in [-0.3, -0.25) is 4.90 Å². The maximum Gasteiger partial charge on any atom is 0.0314 e. The average Bonchev–Trinajstić information content (AvgIpc) is 2.76. The summed E-state index contributed by atoms with van der Waals surface area (Å²) >= 11 is 0. The van der Waals surface area contributed by atoms with Crippen LogP contribution in [0.15, 0.2) is 24.3 Å². The van der Waals surface area contributed by atoms with Crippen molar-refractivity contribution in [1.82, 2.24) is 4.90 Å². The van der Waals surface area contributed by atoms with E-state index in [4.69, 9.17) is 5.73 Å². The standard InChI is InChI=1S/C15H22N2/c16-14-7-5-12(6-8-14)11-17-10-9-13-3-1-2-4-15(13)17/h5-8,13,15H,1-4,9-11,16H2. The van der Waals surface area contributed by atoms with Gasteiger partial charge < -0.3 is 5.73 Å². The highest BCUT2D eigenvalue weighted by Gasteiger charge is 2.35. The average molecular weight is 230 g/mol. The zero-order chi connectivity index (χ0) is 11.7. The highest BCUT2D eigenvalue weighted by Crippen LogP contribution is 2.36. The summed E-state index contributed by atoms with van der Waals surface area (Å²) in [5, 5.41) is 0. The smallest absolute Gasteiger partial charge is 0.0314 e. The van der Waals surface area contributed by atoms with Crippen LogP contribution in [0.2, 0.25) is 0 Å². The molecule has 2 unspecified atom stereocenters. The lowest BCUT2D eigenvalue weighted by Gasteiger charge is -2.31. The van der Waals surface area contributed by atoms with E-state index < -0.39 is 0 Å². The van der Waals surface area contributed by atoms with Crippen molar-refractivity contribution in [2.75, 3.05) is 12.3 Å². The van der Waals surface area contributed by atoms with Crippen molar-refractivity contribution in [3.8, 4) is 0 Å². The molecule has 1 aromatic rings. The van der Waals surface area contributed by atoms with Gasteiger partial charge in [0.15, 0.2) is 0 Å². The molecule has 0 radical (unpaired) electrons. The number of hydrogen-bond donors (Lipinski definition) is 1. The predicted octanol–water partition coefficient (Wildman–Crippen LogP) is 3.03. The van der Waals surface area contributed by atoms with Gasteiger partial charge in [-0.05, 0) is 49.4 Å². The van der Waals surface area contributed by atoms with Crippen LogP contribution in [0.1, 0.15) is 37.7 Å². The summed E-state index contributed by atoms with van der Waals surface area (Å²) in [6.45, 7) is 2.40. The monoisotopic (exact) mass is 230 g/mol. The molecule has 17 heavy (non-hydrogen) atoms. The van der Waals surface area contributed by atoms with Crippen molar-refractivity contribution in [3.63, 3.8) is 0 Å². The lowest BCUT2D eigenvalue weighted by molar-refractivity contribution is 0.176. The van der Waals surface area contributed by atoms with E-state index in [1.807, 2.05) is 12.1 Å². The number of hydrogen-bond acceptors (Lipinski definition) is 2. The molecule has 1 aromatic carbocycles. The van der Waals surface area contributed by atoms with Crippen LogP contribution in [0.5, 0.6) is 0 Å². The molecule has 2 aliphatic rings. The maximum atomic E-state index is 5.73. The second-order valence-corrected chi connectivity index (χ2v) is 5.61. The minimum atomic E-state index is 0.862. The maximum absolute atomic E-state index is 5.73. The number of nitrogens with zero attached hydrogens (tertiary/aromatic N) is 1. The van der Waals surface area contributed by atoms with E-state index in [1.54, 1.807) is 0 Å². The number of likely N-dealkylation sites (tertiary alicyclic amines) is 1. The van der Waals surface area contributed by atoms with E-state index in [0.29, 0.717) is 0 Å². The van der Waals surface area contributed by atoms with Crippen LogP contribution >= 0.6 is 0 Å². The third kappa shape index (κ3) is 2.32. The molecule has 1 aliphatic carbocycles. The van der Waals surface area contributed by atoms with Crippen molar-refractivity contribution in [2.24, 2.45) is 5.92 Å². The molecule has 3 rings (SSSR count). The number of nitrogens with two attached hydrogens (primary N) is 1. The molecule has 2 N–H and O–H groups in total. The number of anilines is 1. The first-order valence-corrected chi connectivity index (χ1v) is 6.91. The largest absolute Gasteiger partial charge is 0.399 e. The van der Waals surface area contributed by atoms with E-state index in [2.05, 4.69) is 17.0 Å². The number of fused-ring (bicyclic) bond motifs is 1. The molecule has 0 bridgehead atoms. The van der Waals surface area contributed by atoms with Gasteiger partial charge >= 0.3 is 0 Å². The minimum absolute atomic E-state index is 0.862. The van der Waals surface area contributed by atoms with Crippen molar-refractivity contribution in [1.29, 1.82) is 0 Å². The van der Waals surface area contributed by atoms with Gasteiger partial charge in [0.05, 0.1) is 0 Å². The Hall–Kier alpha value is -1.02. The fraction of sp³-hybridized carbons (Fsp3) is 0.600. The summed E-state index contributed by atoms with van der Waals surface area (Å²) in [4.78, 5) is 2.69. The third-order valence-corrected chi connectivity index (χ3v) is 4.49. The van der Waals surface area contributed by atoms with Crippen LogP contribution in [-0.4, -0.2) is 17.5 Å². The van der Waals surface area contributed by atoms with Crippen LogP contribution in [0.4, 0.5) is 5.69 Å². The van der Waals surface area contributed by atoms with Gasteiger partial charge in [0, 0.05) is 18.3 Å². The van der Waals surface area contributed by atoms with Crippen LogP contribution in [0.25, 0.3) is 0 Å². The second kappa shape index (κ2) is 4.69. The van der Waals surface area contributed by atoms with Crippen LogP contribution in [0.3, 0.4) is 0 Å². The summed E-state index contributed by atoms with van der Waals surface area (Å²) < 4.78 is 0. The highest BCUT2D eigenvalue weighted by molar-refractivity contribution is 5.39. The van der Waals surface area contributed by atoms with Crippen LogP contribution in [-0.2, 0) is 6.54 Å². The Labute approximate surface area is 104 Å². The second-order valence-electron chi connectivity index (χ2n) is 5.61. The Morgan fingerprint density at radius 2 is 1.82 bits per heavy atom. The molecular weight excluding hydrogens is 208 g/mol. The highest BCUT2D eigenvalue weighted by atomic mass is 15.2. The molecule has 1 aliphatic heterocycles. The molecular formula is C15H22N2. The Morgan fingerprint density at radius 3 is 2.65 bits per heavy atom. The Kier molecular flexibility index (Phi) is 3.06. The summed E-state index contributed by atoms with van der Waals surface area (Å²) in [5.74, 6) is 0.984.